The van der Waals surface area contributed by atoms with E-state index in [-0.39, 0.29) is 17.3 Å². The zero-order valence-electron chi connectivity index (χ0n) is 17.6. The predicted molar refractivity (Wildman–Crippen MR) is 123 cm³/mol. The van der Waals surface area contributed by atoms with E-state index in [0.717, 1.165) is 16.8 Å². The molecule has 3 atom stereocenters. The summed E-state index contributed by atoms with van der Waals surface area (Å²) in [6, 6.07) is 23.3. The van der Waals surface area contributed by atoms with E-state index in [2.05, 4.69) is 0 Å². The average molecular weight is 419 g/mol. The number of fused-ring (bicyclic) bond motifs is 5. The Hall–Kier alpha value is -3.79. The number of hydrogen-bond donors (Lipinski definition) is 0. The number of rotatable bonds is 2. The molecule has 0 unspecified atom stereocenters. The molecule has 1 fully saturated rings. The zero-order valence-corrected chi connectivity index (χ0v) is 17.6. The van der Waals surface area contributed by atoms with E-state index in [0.29, 0.717) is 11.1 Å². The first-order chi connectivity index (χ1) is 15.6. The molecule has 1 saturated heterocycles. The summed E-state index contributed by atoms with van der Waals surface area (Å²) < 4.78 is 0. The number of nitrogens with zero attached hydrogens (tertiary/aromatic N) is 1. The molecule has 0 amide bonds. The minimum Gasteiger partial charge on any atom is -0.352 e. The fourth-order valence-corrected chi connectivity index (χ4v) is 6.10. The van der Waals surface area contributed by atoms with Crippen LogP contribution in [0.15, 0.2) is 84.9 Å². The lowest BCUT2D eigenvalue weighted by Gasteiger charge is -2.37. The number of hydrogen-bond acceptors (Lipinski definition) is 4. The number of para-hydroxylation sites is 1. The fraction of sp³-hybridized carbons (Fsp3) is 0.179. The molecule has 2 aliphatic heterocycles. The molecule has 2 heterocycles. The monoisotopic (exact) mass is 419 g/mol. The van der Waals surface area contributed by atoms with Crippen LogP contribution in [-0.4, -0.2) is 29.4 Å². The predicted octanol–water partition coefficient (Wildman–Crippen LogP) is 4.71. The van der Waals surface area contributed by atoms with Crippen molar-refractivity contribution < 1.29 is 14.4 Å². The molecule has 0 radical (unpaired) electrons. The number of carbonyl (C=O) groups excluding carboxylic acids is 3. The van der Waals surface area contributed by atoms with Crippen LogP contribution in [-0.2, 0) is 4.79 Å². The number of ketones is 3. The summed E-state index contributed by atoms with van der Waals surface area (Å²) in [5, 5.41) is 0. The van der Waals surface area contributed by atoms with Crippen molar-refractivity contribution in [1.29, 1.82) is 0 Å². The SMILES string of the molecule is CC(=O)[C@H]1[C@H](c2ccccc2)C2(C(=O)c3ccccc3C2=O)[C@H]2C=Cc3ccccc3N12. The van der Waals surface area contributed by atoms with Gasteiger partial charge in [0.15, 0.2) is 17.3 Å². The topological polar surface area (TPSA) is 54.5 Å². The van der Waals surface area contributed by atoms with Gasteiger partial charge in [0.05, 0.1) is 12.1 Å². The molecule has 6 rings (SSSR count). The lowest BCUT2D eigenvalue weighted by Crippen LogP contribution is -2.48. The standard InChI is InChI=1S/C28H21NO3/c1-17(30)25-24(19-10-3-2-4-11-19)28(26(31)20-12-6-7-13-21(20)27(28)32)23-16-15-18-9-5-8-14-22(18)29(23)25/h2-16,23-25H,1H3/t23-,24+,25+/m1/s1. The van der Waals surface area contributed by atoms with Gasteiger partial charge in [0.2, 0.25) is 0 Å². The molecule has 156 valence electrons. The van der Waals surface area contributed by atoms with Crippen LogP contribution >= 0.6 is 0 Å². The molecule has 1 aliphatic carbocycles. The maximum absolute atomic E-state index is 14.2. The fourth-order valence-electron chi connectivity index (χ4n) is 6.10. The molecule has 3 aromatic rings. The molecule has 4 nitrogen and oxygen atoms in total. The highest BCUT2D eigenvalue weighted by atomic mass is 16.2. The molecule has 0 saturated carbocycles. The first-order valence-electron chi connectivity index (χ1n) is 10.9. The average Bonchev–Trinajstić information content (AvgIpc) is 3.27. The Morgan fingerprint density at radius 1 is 0.812 bits per heavy atom. The van der Waals surface area contributed by atoms with Crippen LogP contribution in [0.25, 0.3) is 6.08 Å². The van der Waals surface area contributed by atoms with Gasteiger partial charge in [-0.05, 0) is 24.1 Å². The van der Waals surface area contributed by atoms with Crippen molar-refractivity contribution in [3.8, 4) is 0 Å². The molecule has 3 aliphatic rings. The second kappa shape index (κ2) is 6.60. The van der Waals surface area contributed by atoms with Crippen LogP contribution in [0.2, 0.25) is 0 Å². The van der Waals surface area contributed by atoms with Gasteiger partial charge in [0.1, 0.15) is 5.41 Å². The van der Waals surface area contributed by atoms with Crippen LogP contribution in [0, 0.1) is 5.41 Å². The molecule has 32 heavy (non-hydrogen) atoms. The van der Waals surface area contributed by atoms with Crippen molar-refractivity contribution in [3.05, 3.63) is 107 Å². The number of anilines is 1. The maximum atomic E-state index is 14.2. The Labute approximate surface area is 186 Å². The van der Waals surface area contributed by atoms with Gasteiger partial charge in [-0.3, -0.25) is 14.4 Å². The summed E-state index contributed by atoms with van der Waals surface area (Å²) in [5.74, 6) is -1.01. The minimum atomic E-state index is -1.38. The highest BCUT2D eigenvalue weighted by Gasteiger charge is 2.71. The van der Waals surface area contributed by atoms with Crippen molar-refractivity contribution >= 4 is 29.1 Å². The Bertz CT molecular complexity index is 1290. The third-order valence-corrected chi connectivity index (χ3v) is 7.29. The van der Waals surface area contributed by atoms with Gasteiger partial charge in [0.25, 0.3) is 0 Å². The summed E-state index contributed by atoms with van der Waals surface area (Å²) in [6.07, 6.45) is 3.93. The maximum Gasteiger partial charge on any atom is 0.180 e. The Balaban J connectivity index is 1.69. The first kappa shape index (κ1) is 18.9. The smallest absolute Gasteiger partial charge is 0.180 e. The van der Waals surface area contributed by atoms with Crippen molar-refractivity contribution in [2.75, 3.05) is 4.90 Å². The quantitative estimate of drug-likeness (QED) is 0.565. The second-order valence-corrected chi connectivity index (χ2v) is 8.79. The van der Waals surface area contributed by atoms with Crippen LogP contribution in [0.1, 0.15) is 44.7 Å². The van der Waals surface area contributed by atoms with Gasteiger partial charge in [-0.25, -0.2) is 0 Å². The van der Waals surface area contributed by atoms with Crippen LogP contribution in [0.4, 0.5) is 5.69 Å². The van der Waals surface area contributed by atoms with Crippen molar-refractivity contribution in [2.45, 2.75) is 24.9 Å². The number of benzene rings is 3. The Morgan fingerprint density at radius 3 is 2.06 bits per heavy atom. The van der Waals surface area contributed by atoms with Gasteiger partial charge in [-0.15, -0.1) is 0 Å². The highest BCUT2D eigenvalue weighted by Crippen LogP contribution is 2.60. The first-order valence-corrected chi connectivity index (χ1v) is 10.9. The van der Waals surface area contributed by atoms with E-state index in [9.17, 15) is 14.4 Å². The number of carbonyl (C=O) groups is 3. The molecule has 3 aromatic carbocycles. The van der Waals surface area contributed by atoms with Crippen LogP contribution < -0.4 is 4.90 Å². The largest absolute Gasteiger partial charge is 0.352 e. The highest BCUT2D eigenvalue weighted by molar-refractivity contribution is 6.32. The second-order valence-electron chi connectivity index (χ2n) is 8.79. The lowest BCUT2D eigenvalue weighted by molar-refractivity contribution is -0.118. The summed E-state index contributed by atoms with van der Waals surface area (Å²) >= 11 is 0. The lowest BCUT2D eigenvalue weighted by atomic mass is 9.64. The van der Waals surface area contributed by atoms with E-state index < -0.39 is 23.4 Å². The van der Waals surface area contributed by atoms with Gasteiger partial charge >= 0.3 is 0 Å². The van der Waals surface area contributed by atoms with E-state index in [1.807, 2.05) is 71.6 Å². The van der Waals surface area contributed by atoms with Gasteiger partial charge in [0, 0.05) is 22.7 Å². The third-order valence-electron chi connectivity index (χ3n) is 7.29. The van der Waals surface area contributed by atoms with Crippen molar-refractivity contribution in [3.63, 3.8) is 0 Å². The molecule has 0 N–H and O–H groups in total. The summed E-state index contributed by atoms with van der Waals surface area (Å²) in [5.41, 5.74) is 2.22. The summed E-state index contributed by atoms with van der Waals surface area (Å²) in [6.45, 7) is 1.56. The van der Waals surface area contributed by atoms with Gasteiger partial charge < -0.3 is 4.90 Å². The van der Waals surface area contributed by atoms with Crippen LogP contribution in [0.5, 0.6) is 0 Å². The van der Waals surface area contributed by atoms with E-state index in [1.165, 1.54) is 0 Å². The number of Topliss-reactive ketones (excluding diaryl/α,β-unsaturated/α-hetero) is 3. The molecule has 0 aromatic heterocycles. The molecular formula is C28H21NO3. The molecule has 0 bridgehead atoms. The Kier molecular flexibility index (Phi) is 3.91. The molecule has 1 spiro atoms. The van der Waals surface area contributed by atoms with Gasteiger partial charge in [-0.1, -0.05) is 84.9 Å². The third kappa shape index (κ3) is 2.19. The van der Waals surface area contributed by atoms with Crippen molar-refractivity contribution in [1.82, 2.24) is 0 Å². The van der Waals surface area contributed by atoms with E-state index in [4.69, 9.17) is 0 Å². The van der Waals surface area contributed by atoms with E-state index in [1.54, 1.807) is 31.2 Å². The zero-order chi connectivity index (χ0) is 22.0. The summed E-state index contributed by atoms with van der Waals surface area (Å²) in [4.78, 5) is 43.6. The van der Waals surface area contributed by atoms with Crippen molar-refractivity contribution in [2.24, 2.45) is 5.41 Å². The summed E-state index contributed by atoms with van der Waals surface area (Å²) in [7, 11) is 0. The normalized spacial score (nSPS) is 24.4. The molecule has 4 heteroatoms. The Morgan fingerprint density at radius 2 is 1.41 bits per heavy atom. The molecular weight excluding hydrogens is 398 g/mol. The van der Waals surface area contributed by atoms with Crippen LogP contribution in [0.3, 0.4) is 0 Å². The van der Waals surface area contributed by atoms with E-state index >= 15 is 0 Å². The van der Waals surface area contributed by atoms with Gasteiger partial charge in [-0.2, -0.15) is 0 Å². The minimum absolute atomic E-state index is 0.0533.